The molecular formula is C7H7NaO4S. The van der Waals surface area contributed by atoms with Crippen LogP contribution in [0.25, 0.3) is 0 Å². The van der Waals surface area contributed by atoms with Crippen LogP contribution < -0.4 is 29.6 Å². The fourth-order valence-corrected chi connectivity index (χ4v) is 1.40. The number of hydrogen-bond acceptors (Lipinski definition) is 4. The van der Waals surface area contributed by atoms with Crippen molar-refractivity contribution in [3.8, 4) is 5.75 Å². The molecule has 0 saturated heterocycles. The number of phenols is 1. The summed E-state index contributed by atoms with van der Waals surface area (Å²) < 4.78 is 30.8. The molecule has 0 radical (unpaired) electrons. The first kappa shape index (κ1) is 12.9. The molecule has 1 rings (SSSR count). The topological polar surface area (TPSA) is 77.4 Å². The summed E-state index contributed by atoms with van der Waals surface area (Å²) in [6.07, 6.45) is 0. The van der Waals surface area contributed by atoms with Crippen LogP contribution in [0.15, 0.2) is 24.3 Å². The molecule has 0 fully saturated rings. The van der Waals surface area contributed by atoms with E-state index in [1.54, 1.807) is 0 Å². The normalized spacial score (nSPS) is 10.5. The second-order valence-electron chi connectivity index (χ2n) is 2.37. The molecule has 0 spiro atoms. The second-order valence-corrected chi connectivity index (χ2v) is 3.77. The van der Waals surface area contributed by atoms with Crippen LogP contribution >= 0.6 is 0 Å². The molecule has 0 saturated carbocycles. The second kappa shape index (κ2) is 4.97. The van der Waals surface area contributed by atoms with Crippen LogP contribution in [0.5, 0.6) is 5.75 Å². The third-order valence-corrected chi connectivity index (χ3v) is 1.97. The van der Waals surface area contributed by atoms with E-state index in [1.165, 1.54) is 24.3 Å². The number of aromatic hydroxyl groups is 1. The van der Waals surface area contributed by atoms with Crippen LogP contribution in [-0.4, -0.2) is 18.1 Å². The summed E-state index contributed by atoms with van der Waals surface area (Å²) in [6.45, 7) is 0. The molecule has 0 unspecified atom stereocenters. The minimum Gasteiger partial charge on any atom is -0.748 e. The van der Waals surface area contributed by atoms with Gasteiger partial charge in [0.25, 0.3) is 0 Å². The summed E-state index contributed by atoms with van der Waals surface area (Å²) in [4.78, 5) is 0. The Morgan fingerprint density at radius 2 is 1.69 bits per heavy atom. The molecule has 0 aliphatic carbocycles. The van der Waals surface area contributed by atoms with Crippen molar-refractivity contribution in [3.63, 3.8) is 0 Å². The Bertz CT molecular complexity index is 357. The molecule has 0 atom stereocenters. The van der Waals surface area contributed by atoms with Crippen molar-refractivity contribution in [2.45, 2.75) is 5.75 Å². The zero-order valence-corrected chi connectivity index (χ0v) is 9.91. The minimum atomic E-state index is -4.22. The fourth-order valence-electron chi connectivity index (χ4n) is 0.796. The summed E-state index contributed by atoms with van der Waals surface area (Å²) in [5, 5.41) is 8.83. The molecule has 66 valence electrons. The molecule has 0 amide bonds. The molecule has 0 heterocycles. The van der Waals surface area contributed by atoms with Gasteiger partial charge in [0.05, 0.1) is 15.9 Å². The predicted octanol–water partition coefficient (Wildman–Crippen LogP) is -2.56. The van der Waals surface area contributed by atoms with E-state index >= 15 is 0 Å². The summed E-state index contributed by atoms with van der Waals surface area (Å²) >= 11 is 0. The van der Waals surface area contributed by atoms with E-state index in [2.05, 4.69) is 0 Å². The number of rotatable bonds is 2. The van der Waals surface area contributed by atoms with Crippen molar-refractivity contribution in [1.29, 1.82) is 0 Å². The van der Waals surface area contributed by atoms with Crippen LogP contribution in [0.3, 0.4) is 0 Å². The Hall–Kier alpha value is -0.0700. The number of hydrogen-bond donors (Lipinski definition) is 1. The number of benzene rings is 1. The Kier molecular flexibility index (Phi) is 4.95. The quantitative estimate of drug-likeness (QED) is 0.430. The maximum Gasteiger partial charge on any atom is 1.00 e. The maximum absolute atomic E-state index is 10.3. The molecule has 13 heavy (non-hydrogen) atoms. The van der Waals surface area contributed by atoms with E-state index in [0.717, 1.165) is 0 Å². The summed E-state index contributed by atoms with van der Waals surface area (Å²) in [5.41, 5.74) is 0.378. The smallest absolute Gasteiger partial charge is 0.748 e. The zero-order valence-electron chi connectivity index (χ0n) is 7.10. The van der Waals surface area contributed by atoms with Gasteiger partial charge in [-0.1, -0.05) is 12.1 Å². The van der Waals surface area contributed by atoms with Gasteiger partial charge >= 0.3 is 29.6 Å². The molecule has 0 aromatic heterocycles. The van der Waals surface area contributed by atoms with Gasteiger partial charge in [-0.15, -0.1) is 0 Å². The molecule has 0 bridgehead atoms. The van der Waals surface area contributed by atoms with Crippen molar-refractivity contribution in [2.24, 2.45) is 0 Å². The molecule has 6 heteroatoms. The standard InChI is InChI=1S/C7H8O4S.Na/c8-7-3-1-6(2-4-7)5-12(9,10)11;/h1-4,8H,5H2,(H,9,10,11);/q;+1/p-1. The summed E-state index contributed by atoms with van der Waals surface area (Å²) in [5.74, 6) is -0.491. The van der Waals surface area contributed by atoms with Crippen molar-refractivity contribution in [3.05, 3.63) is 29.8 Å². The number of phenolic OH excluding ortho intramolecular Hbond substituents is 1. The molecule has 1 aromatic rings. The molecular weight excluding hydrogens is 203 g/mol. The Balaban J connectivity index is 0.00000144. The van der Waals surface area contributed by atoms with Crippen molar-refractivity contribution in [1.82, 2.24) is 0 Å². The van der Waals surface area contributed by atoms with Gasteiger partial charge in [0.1, 0.15) is 5.75 Å². The molecule has 1 aromatic carbocycles. The van der Waals surface area contributed by atoms with E-state index in [0.29, 0.717) is 5.56 Å². The van der Waals surface area contributed by atoms with Crippen LogP contribution in [0.1, 0.15) is 5.56 Å². The fraction of sp³-hybridized carbons (Fsp3) is 0.143. The third-order valence-electron chi connectivity index (χ3n) is 1.28. The first-order valence-corrected chi connectivity index (χ1v) is 4.76. The van der Waals surface area contributed by atoms with Crippen LogP contribution in [0.4, 0.5) is 0 Å². The zero-order chi connectivity index (χ0) is 9.19. The van der Waals surface area contributed by atoms with Crippen LogP contribution in [-0.2, 0) is 15.9 Å². The van der Waals surface area contributed by atoms with Gasteiger partial charge in [0, 0.05) is 0 Å². The molecule has 4 nitrogen and oxygen atoms in total. The molecule has 0 aliphatic rings. The van der Waals surface area contributed by atoms with E-state index in [9.17, 15) is 13.0 Å². The SMILES string of the molecule is O=S(=O)([O-])Cc1ccc(O)cc1.[Na+]. The van der Waals surface area contributed by atoms with Gasteiger partial charge in [-0.2, -0.15) is 0 Å². The van der Waals surface area contributed by atoms with Gasteiger partial charge in [0.15, 0.2) is 0 Å². The van der Waals surface area contributed by atoms with Crippen molar-refractivity contribution < 1.29 is 47.6 Å². The van der Waals surface area contributed by atoms with Gasteiger partial charge in [-0.05, 0) is 17.7 Å². The summed E-state index contributed by atoms with van der Waals surface area (Å²) in [6, 6.07) is 5.45. The van der Waals surface area contributed by atoms with Crippen LogP contribution in [0, 0.1) is 0 Å². The van der Waals surface area contributed by atoms with E-state index in [4.69, 9.17) is 5.11 Å². The molecule has 0 aliphatic heterocycles. The largest absolute Gasteiger partial charge is 1.00 e. The van der Waals surface area contributed by atoms with Gasteiger partial charge in [-0.3, -0.25) is 0 Å². The first-order chi connectivity index (χ1) is 5.47. The predicted molar refractivity (Wildman–Crippen MR) is 41.5 cm³/mol. The third kappa shape index (κ3) is 5.28. The maximum atomic E-state index is 10.3. The van der Waals surface area contributed by atoms with Gasteiger partial charge < -0.3 is 9.66 Å². The van der Waals surface area contributed by atoms with E-state index < -0.39 is 15.9 Å². The summed E-state index contributed by atoms with van der Waals surface area (Å²) in [7, 11) is -4.22. The monoisotopic (exact) mass is 210 g/mol. The Morgan fingerprint density at radius 1 is 1.23 bits per heavy atom. The van der Waals surface area contributed by atoms with Crippen molar-refractivity contribution in [2.75, 3.05) is 0 Å². The van der Waals surface area contributed by atoms with E-state index in [-0.39, 0.29) is 35.3 Å². The minimum absolute atomic E-state index is 0. The van der Waals surface area contributed by atoms with Gasteiger partial charge in [-0.25, -0.2) is 8.42 Å². The Morgan fingerprint density at radius 3 is 2.08 bits per heavy atom. The average molecular weight is 210 g/mol. The average Bonchev–Trinajstić information content (AvgIpc) is 1.91. The molecule has 1 N–H and O–H groups in total. The van der Waals surface area contributed by atoms with Gasteiger partial charge in [0.2, 0.25) is 0 Å². The van der Waals surface area contributed by atoms with Crippen molar-refractivity contribution >= 4 is 10.1 Å². The Labute approximate surface area is 98.6 Å². The van der Waals surface area contributed by atoms with Crippen LogP contribution in [0.2, 0.25) is 0 Å². The van der Waals surface area contributed by atoms with E-state index in [1.807, 2.05) is 0 Å². The first-order valence-electron chi connectivity index (χ1n) is 3.19.